The highest BCUT2D eigenvalue weighted by atomic mass is 32.1. The Morgan fingerprint density at radius 1 is 0.971 bits per heavy atom. The molecule has 0 amide bonds. The average molecular weight is 484 g/mol. The van der Waals surface area contributed by atoms with Crippen LogP contribution in [-0.2, 0) is 4.79 Å². The van der Waals surface area contributed by atoms with Gasteiger partial charge in [-0.2, -0.15) is 0 Å². The number of aromatic amines is 1. The zero-order chi connectivity index (χ0) is 24.1. The molecule has 0 bridgehead atoms. The average Bonchev–Trinajstić information content (AvgIpc) is 3.52. The maximum absolute atomic E-state index is 13.7. The third-order valence-corrected chi connectivity index (χ3v) is 7.78. The number of allylic oxidation sites excluding steroid dienone is 2. The first-order valence-corrected chi connectivity index (χ1v) is 12.2. The Hall–Kier alpha value is -4.17. The number of aromatic nitrogens is 2. The fraction of sp³-hybridized carbons (Fsp3) is 0.148. The first-order valence-electron chi connectivity index (χ1n) is 11.3. The lowest BCUT2D eigenvalue weighted by molar-refractivity contribution is -0.116. The molecule has 4 aromatic rings. The Balaban J connectivity index is 1.57. The molecule has 1 aliphatic heterocycles. The lowest BCUT2D eigenvalue weighted by atomic mass is 9.73. The minimum absolute atomic E-state index is 0.0357. The van der Waals surface area contributed by atoms with Crippen LogP contribution >= 0.6 is 11.3 Å². The zero-order valence-electron chi connectivity index (χ0n) is 18.5. The van der Waals surface area contributed by atoms with Gasteiger partial charge in [-0.05, 0) is 41.6 Å². The number of benzene rings is 2. The fourth-order valence-electron chi connectivity index (χ4n) is 5.23. The minimum atomic E-state index is -1.10. The second kappa shape index (κ2) is 8.25. The number of para-hydroxylation sites is 1. The highest BCUT2D eigenvalue weighted by Crippen LogP contribution is 2.47. The lowest BCUT2D eigenvalue weighted by Crippen LogP contribution is -2.32. The van der Waals surface area contributed by atoms with Gasteiger partial charge in [0.15, 0.2) is 5.78 Å². The fourth-order valence-corrected chi connectivity index (χ4v) is 6.06. The second-order valence-electron chi connectivity index (χ2n) is 8.76. The largest absolute Gasteiger partial charge is 0.478 e. The Morgan fingerprint density at radius 3 is 2.49 bits per heavy atom. The van der Waals surface area contributed by atoms with Gasteiger partial charge in [-0.15, -0.1) is 11.3 Å². The number of carboxylic acid groups (broad SMARTS) is 1. The van der Waals surface area contributed by atoms with Crippen molar-refractivity contribution < 1.29 is 14.7 Å². The monoisotopic (exact) mass is 483 g/mol. The minimum Gasteiger partial charge on any atom is -0.478 e. The van der Waals surface area contributed by atoms with Gasteiger partial charge in [0.05, 0.1) is 16.8 Å². The number of hydrogen-bond acceptors (Lipinski definition) is 5. The van der Waals surface area contributed by atoms with E-state index in [4.69, 9.17) is 0 Å². The SMILES string of the molecule is O=C1CC(c2cccs2)CC2=C1C(c1ccccc1C(=O)O)c1c([nH]n(-c3ccccc3)c1=O)N2. The molecule has 3 N–H and O–H groups in total. The van der Waals surface area contributed by atoms with E-state index in [0.29, 0.717) is 41.0 Å². The van der Waals surface area contributed by atoms with Crippen molar-refractivity contribution in [3.8, 4) is 5.69 Å². The summed E-state index contributed by atoms with van der Waals surface area (Å²) in [5.74, 6) is -1.42. The summed E-state index contributed by atoms with van der Waals surface area (Å²) in [6, 6.07) is 19.8. The first-order chi connectivity index (χ1) is 17.0. The number of ketones is 1. The summed E-state index contributed by atoms with van der Waals surface area (Å²) in [6.45, 7) is 0. The van der Waals surface area contributed by atoms with Crippen LogP contribution in [0.25, 0.3) is 5.69 Å². The molecule has 0 fully saturated rings. The Kier molecular flexibility index (Phi) is 5.04. The Bertz CT molecular complexity index is 1550. The van der Waals surface area contributed by atoms with Crippen LogP contribution < -0.4 is 10.9 Å². The van der Waals surface area contributed by atoms with Crippen LogP contribution in [-0.4, -0.2) is 26.6 Å². The van der Waals surface area contributed by atoms with E-state index >= 15 is 0 Å². The molecule has 2 atom stereocenters. The highest BCUT2D eigenvalue weighted by molar-refractivity contribution is 7.10. The van der Waals surface area contributed by atoms with E-state index in [-0.39, 0.29) is 22.8 Å². The molecule has 8 heteroatoms. The van der Waals surface area contributed by atoms with Crippen molar-refractivity contribution in [2.45, 2.75) is 24.7 Å². The van der Waals surface area contributed by atoms with Crippen LogP contribution in [0.5, 0.6) is 0 Å². The Labute approximate surface area is 204 Å². The number of Topliss-reactive ketones (excluding diaryl/α,β-unsaturated/α-hetero) is 1. The van der Waals surface area contributed by atoms with Crippen molar-refractivity contribution in [3.05, 3.63) is 115 Å². The van der Waals surface area contributed by atoms with Gasteiger partial charge in [-0.1, -0.05) is 42.5 Å². The quantitative estimate of drug-likeness (QED) is 0.384. The number of nitrogens with zero attached hydrogens (tertiary/aromatic N) is 1. The van der Waals surface area contributed by atoms with Crippen LogP contribution in [0, 0.1) is 0 Å². The van der Waals surface area contributed by atoms with Crippen molar-refractivity contribution >= 4 is 28.9 Å². The molecule has 7 nitrogen and oxygen atoms in total. The normalized spacial score (nSPS) is 19.1. The van der Waals surface area contributed by atoms with Gasteiger partial charge < -0.3 is 10.4 Å². The molecule has 2 aliphatic rings. The van der Waals surface area contributed by atoms with Crippen molar-refractivity contribution in [1.82, 2.24) is 9.78 Å². The smallest absolute Gasteiger partial charge is 0.335 e. The number of carbonyl (C=O) groups is 2. The molecular formula is C27H21N3O4S. The van der Waals surface area contributed by atoms with E-state index in [1.165, 1.54) is 10.7 Å². The predicted octanol–water partition coefficient (Wildman–Crippen LogP) is 4.88. The molecule has 174 valence electrons. The zero-order valence-corrected chi connectivity index (χ0v) is 19.3. The highest BCUT2D eigenvalue weighted by Gasteiger charge is 2.42. The summed E-state index contributed by atoms with van der Waals surface area (Å²) in [6.07, 6.45) is 0.921. The number of thiophene rings is 1. The Morgan fingerprint density at radius 2 is 1.74 bits per heavy atom. The van der Waals surface area contributed by atoms with Crippen LogP contribution in [0.15, 0.2) is 88.2 Å². The predicted molar refractivity (Wildman–Crippen MR) is 134 cm³/mol. The third-order valence-electron chi connectivity index (χ3n) is 6.75. The van der Waals surface area contributed by atoms with Crippen LogP contribution in [0.1, 0.15) is 51.0 Å². The molecule has 0 spiro atoms. The molecule has 2 unspecified atom stereocenters. The van der Waals surface area contributed by atoms with E-state index in [1.807, 2.05) is 47.8 Å². The van der Waals surface area contributed by atoms with Gasteiger partial charge in [0.25, 0.3) is 5.56 Å². The van der Waals surface area contributed by atoms with Crippen molar-refractivity contribution in [2.24, 2.45) is 0 Å². The molecule has 0 saturated heterocycles. The van der Waals surface area contributed by atoms with E-state index in [9.17, 15) is 19.5 Å². The van der Waals surface area contributed by atoms with Crippen LogP contribution in [0.2, 0.25) is 0 Å². The molecule has 3 heterocycles. The number of anilines is 1. The number of aromatic carboxylic acids is 1. The molecule has 6 rings (SSSR count). The van der Waals surface area contributed by atoms with E-state index in [1.54, 1.807) is 29.5 Å². The summed E-state index contributed by atoms with van der Waals surface area (Å²) in [7, 11) is 0. The molecule has 35 heavy (non-hydrogen) atoms. The summed E-state index contributed by atoms with van der Waals surface area (Å²) in [5.41, 5.74) is 2.42. The number of carboxylic acids is 1. The van der Waals surface area contributed by atoms with Crippen molar-refractivity contribution in [1.29, 1.82) is 0 Å². The lowest BCUT2D eigenvalue weighted by Gasteiger charge is -2.34. The van der Waals surface area contributed by atoms with Gasteiger partial charge in [-0.3, -0.25) is 14.7 Å². The van der Waals surface area contributed by atoms with Crippen molar-refractivity contribution in [3.63, 3.8) is 0 Å². The standard InChI is InChI=1S/C27H21N3O4S/c31-20-14-15(21-11-6-12-35-21)13-19-23(20)22(17-9-4-5-10-18(17)27(33)34)24-25(28-19)29-30(26(24)32)16-7-2-1-3-8-16/h1-12,15,22,28-29H,13-14H2,(H,33,34). The van der Waals surface area contributed by atoms with E-state index < -0.39 is 11.9 Å². The molecule has 0 saturated carbocycles. The molecule has 2 aromatic carbocycles. The number of carbonyl (C=O) groups excluding carboxylic acids is 1. The maximum atomic E-state index is 13.7. The van der Waals surface area contributed by atoms with Gasteiger partial charge in [0.1, 0.15) is 5.82 Å². The van der Waals surface area contributed by atoms with Gasteiger partial charge in [-0.25, -0.2) is 9.48 Å². The maximum Gasteiger partial charge on any atom is 0.335 e. The molecule has 2 aromatic heterocycles. The van der Waals surface area contributed by atoms with Crippen LogP contribution in [0.4, 0.5) is 5.82 Å². The van der Waals surface area contributed by atoms with Gasteiger partial charge >= 0.3 is 5.97 Å². The summed E-state index contributed by atoms with van der Waals surface area (Å²) >= 11 is 1.62. The van der Waals surface area contributed by atoms with E-state index in [0.717, 1.165) is 10.6 Å². The molecular weight excluding hydrogens is 462 g/mol. The number of H-pyrrole nitrogens is 1. The summed E-state index contributed by atoms with van der Waals surface area (Å²) in [4.78, 5) is 40.6. The summed E-state index contributed by atoms with van der Waals surface area (Å²) in [5, 5.41) is 18.4. The first kappa shape index (κ1) is 21.4. The second-order valence-corrected chi connectivity index (χ2v) is 9.74. The van der Waals surface area contributed by atoms with Crippen LogP contribution in [0.3, 0.4) is 0 Å². The number of fused-ring (bicyclic) bond motifs is 1. The summed E-state index contributed by atoms with van der Waals surface area (Å²) < 4.78 is 1.44. The third kappa shape index (κ3) is 3.45. The van der Waals surface area contributed by atoms with Gasteiger partial charge in [0, 0.05) is 34.4 Å². The molecule has 0 radical (unpaired) electrons. The van der Waals surface area contributed by atoms with Crippen molar-refractivity contribution in [2.75, 3.05) is 5.32 Å². The number of nitrogens with one attached hydrogen (secondary N) is 2. The number of rotatable bonds is 4. The molecule has 1 aliphatic carbocycles. The number of hydrogen-bond donors (Lipinski definition) is 3. The van der Waals surface area contributed by atoms with Gasteiger partial charge in [0.2, 0.25) is 0 Å². The van der Waals surface area contributed by atoms with E-state index in [2.05, 4.69) is 10.4 Å². The topological polar surface area (TPSA) is 104 Å².